The highest BCUT2D eigenvalue weighted by molar-refractivity contribution is 5.91. The maximum atomic E-state index is 12.0. The molecule has 1 aliphatic heterocycles. The van der Waals surface area contributed by atoms with Crippen molar-refractivity contribution in [3.8, 4) is 5.75 Å². The third-order valence-corrected chi connectivity index (χ3v) is 5.11. The Morgan fingerprint density at radius 3 is 2.62 bits per heavy atom. The van der Waals surface area contributed by atoms with Gasteiger partial charge in [0, 0.05) is 27.2 Å². The molecular weight excluding hydrogens is 368 g/mol. The number of amides is 1. The minimum atomic E-state index is -0.156. The van der Waals surface area contributed by atoms with E-state index in [-0.39, 0.29) is 12.0 Å². The molecule has 29 heavy (non-hydrogen) atoms. The molecule has 150 valence electrons. The summed E-state index contributed by atoms with van der Waals surface area (Å²) in [6, 6.07) is 16.0. The van der Waals surface area contributed by atoms with Crippen LogP contribution in [0.3, 0.4) is 0 Å². The van der Waals surface area contributed by atoms with E-state index in [0.717, 1.165) is 34.4 Å². The van der Waals surface area contributed by atoms with Crippen LogP contribution < -0.4 is 9.64 Å². The van der Waals surface area contributed by atoms with Gasteiger partial charge in [-0.25, -0.2) is 0 Å². The van der Waals surface area contributed by atoms with Crippen LogP contribution in [0.5, 0.6) is 5.75 Å². The smallest absolute Gasteiger partial charge is 0.273 e. The van der Waals surface area contributed by atoms with Gasteiger partial charge in [-0.15, -0.1) is 10.2 Å². The number of methoxy groups -OCH3 is 1. The lowest BCUT2D eigenvalue weighted by molar-refractivity contribution is 0.0395. The maximum Gasteiger partial charge on any atom is 0.273 e. The van der Waals surface area contributed by atoms with Crippen molar-refractivity contribution in [2.75, 3.05) is 45.8 Å². The SMILES string of the molecule is COc1ccc2cc(C3CN(c4ccc(C(=O)N(C)C)nn4)CCO3)ccc2c1. The number of hydrogen-bond donors (Lipinski definition) is 0. The first-order valence-corrected chi connectivity index (χ1v) is 9.55. The van der Waals surface area contributed by atoms with Gasteiger partial charge in [-0.05, 0) is 46.7 Å². The number of fused-ring (bicyclic) bond motifs is 1. The highest BCUT2D eigenvalue weighted by Crippen LogP contribution is 2.29. The Hall–Kier alpha value is -3.19. The molecule has 0 aliphatic carbocycles. The molecule has 1 amide bonds. The van der Waals surface area contributed by atoms with Gasteiger partial charge in [-0.2, -0.15) is 0 Å². The van der Waals surface area contributed by atoms with Crippen LogP contribution in [0.2, 0.25) is 0 Å². The largest absolute Gasteiger partial charge is 0.497 e. The van der Waals surface area contributed by atoms with Crippen molar-refractivity contribution in [2.24, 2.45) is 0 Å². The van der Waals surface area contributed by atoms with Crippen LogP contribution in [0.4, 0.5) is 5.82 Å². The summed E-state index contributed by atoms with van der Waals surface area (Å²) in [5.41, 5.74) is 1.47. The summed E-state index contributed by atoms with van der Waals surface area (Å²) >= 11 is 0. The van der Waals surface area contributed by atoms with Gasteiger partial charge in [0.2, 0.25) is 0 Å². The van der Waals surface area contributed by atoms with E-state index in [2.05, 4.69) is 39.4 Å². The minimum absolute atomic E-state index is 0.0554. The average molecular weight is 392 g/mol. The zero-order valence-corrected chi connectivity index (χ0v) is 16.8. The maximum absolute atomic E-state index is 12.0. The van der Waals surface area contributed by atoms with Crippen LogP contribution in [0.15, 0.2) is 48.5 Å². The highest BCUT2D eigenvalue weighted by Gasteiger charge is 2.24. The molecule has 2 heterocycles. The van der Waals surface area contributed by atoms with Gasteiger partial charge in [0.15, 0.2) is 11.5 Å². The average Bonchev–Trinajstić information content (AvgIpc) is 2.78. The van der Waals surface area contributed by atoms with E-state index in [0.29, 0.717) is 18.8 Å². The second kappa shape index (κ2) is 8.05. The number of rotatable bonds is 4. The number of nitrogens with zero attached hydrogens (tertiary/aromatic N) is 4. The number of aromatic nitrogens is 2. The molecule has 4 rings (SSSR count). The molecule has 0 saturated carbocycles. The molecule has 7 nitrogen and oxygen atoms in total. The molecule has 1 atom stereocenters. The number of ether oxygens (including phenoxy) is 2. The van der Waals surface area contributed by atoms with Crippen LogP contribution in [-0.2, 0) is 4.74 Å². The Morgan fingerprint density at radius 1 is 1.10 bits per heavy atom. The van der Waals surface area contributed by atoms with Gasteiger partial charge >= 0.3 is 0 Å². The van der Waals surface area contributed by atoms with Gasteiger partial charge < -0.3 is 19.3 Å². The van der Waals surface area contributed by atoms with Gasteiger partial charge in [-0.3, -0.25) is 4.79 Å². The van der Waals surface area contributed by atoms with E-state index in [9.17, 15) is 4.79 Å². The summed E-state index contributed by atoms with van der Waals surface area (Å²) in [5.74, 6) is 1.44. The molecule has 1 unspecified atom stereocenters. The molecule has 0 bridgehead atoms. The molecule has 1 saturated heterocycles. The normalized spacial score (nSPS) is 16.7. The van der Waals surface area contributed by atoms with Crippen molar-refractivity contribution in [1.29, 1.82) is 0 Å². The summed E-state index contributed by atoms with van der Waals surface area (Å²) in [7, 11) is 5.07. The van der Waals surface area contributed by atoms with Crippen molar-refractivity contribution >= 4 is 22.5 Å². The monoisotopic (exact) mass is 392 g/mol. The number of morpholine rings is 1. The number of benzene rings is 2. The van der Waals surface area contributed by atoms with Crippen molar-refractivity contribution in [3.63, 3.8) is 0 Å². The summed E-state index contributed by atoms with van der Waals surface area (Å²) in [4.78, 5) is 15.6. The lowest BCUT2D eigenvalue weighted by Gasteiger charge is -2.33. The van der Waals surface area contributed by atoms with E-state index < -0.39 is 0 Å². The first kappa shape index (κ1) is 19.1. The first-order chi connectivity index (χ1) is 14.0. The Kier molecular flexibility index (Phi) is 5.31. The fourth-order valence-electron chi connectivity index (χ4n) is 3.47. The van der Waals surface area contributed by atoms with Crippen LogP contribution in [0.1, 0.15) is 22.2 Å². The van der Waals surface area contributed by atoms with E-state index in [1.807, 2.05) is 18.2 Å². The Labute approximate surface area is 169 Å². The zero-order valence-electron chi connectivity index (χ0n) is 16.8. The number of carbonyl (C=O) groups is 1. The summed E-state index contributed by atoms with van der Waals surface area (Å²) in [6.45, 7) is 2.01. The zero-order chi connectivity index (χ0) is 20.4. The summed E-state index contributed by atoms with van der Waals surface area (Å²) < 4.78 is 11.3. The molecule has 3 aromatic rings. The third-order valence-electron chi connectivity index (χ3n) is 5.11. The van der Waals surface area contributed by atoms with Crippen LogP contribution >= 0.6 is 0 Å². The van der Waals surface area contributed by atoms with Crippen molar-refractivity contribution < 1.29 is 14.3 Å². The molecular formula is C22H24N4O3. The molecule has 1 aliphatic rings. The standard InChI is InChI=1S/C22H24N4O3/c1-25(2)22(27)19-8-9-21(24-23-19)26-10-11-29-20(14-26)17-5-4-16-13-18(28-3)7-6-15(16)12-17/h4-9,12-13,20H,10-11,14H2,1-3H3. The molecule has 1 aromatic heterocycles. The van der Waals surface area contributed by atoms with Crippen LogP contribution in [-0.4, -0.2) is 61.9 Å². The molecule has 2 aromatic carbocycles. The Bertz CT molecular complexity index is 1020. The predicted molar refractivity (Wildman–Crippen MR) is 111 cm³/mol. The topological polar surface area (TPSA) is 67.8 Å². The Morgan fingerprint density at radius 2 is 1.90 bits per heavy atom. The van der Waals surface area contributed by atoms with Gasteiger partial charge in [-0.1, -0.05) is 18.2 Å². The molecule has 1 fully saturated rings. The third kappa shape index (κ3) is 4.00. The van der Waals surface area contributed by atoms with E-state index in [1.165, 1.54) is 4.90 Å². The van der Waals surface area contributed by atoms with Gasteiger partial charge in [0.05, 0.1) is 13.7 Å². The van der Waals surface area contributed by atoms with Crippen molar-refractivity contribution in [1.82, 2.24) is 15.1 Å². The van der Waals surface area contributed by atoms with E-state index in [4.69, 9.17) is 9.47 Å². The summed E-state index contributed by atoms with van der Waals surface area (Å²) in [6.07, 6.45) is -0.0554. The number of anilines is 1. The highest BCUT2D eigenvalue weighted by atomic mass is 16.5. The van der Waals surface area contributed by atoms with Crippen LogP contribution in [0.25, 0.3) is 10.8 Å². The lowest BCUT2D eigenvalue weighted by atomic mass is 10.0. The fraction of sp³-hybridized carbons (Fsp3) is 0.318. The molecule has 7 heteroatoms. The van der Waals surface area contributed by atoms with E-state index in [1.54, 1.807) is 27.3 Å². The van der Waals surface area contributed by atoms with Gasteiger partial charge in [0.25, 0.3) is 5.91 Å². The van der Waals surface area contributed by atoms with Crippen molar-refractivity contribution in [3.05, 3.63) is 59.8 Å². The second-order valence-electron chi connectivity index (χ2n) is 7.25. The predicted octanol–water partition coefficient (Wildman–Crippen LogP) is 2.92. The fourth-order valence-corrected chi connectivity index (χ4v) is 3.47. The van der Waals surface area contributed by atoms with Crippen molar-refractivity contribution in [2.45, 2.75) is 6.10 Å². The molecule has 0 spiro atoms. The first-order valence-electron chi connectivity index (χ1n) is 9.55. The number of carbonyl (C=O) groups excluding carboxylic acids is 1. The minimum Gasteiger partial charge on any atom is -0.497 e. The molecule has 0 radical (unpaired) electrons. The Balaban J connectivity index is 1.52. The second-order valence-corrected chi connectivity index (χ2v) is 7.25. The summed E-state index contributed by atoms with van der Waals surface area (Å²) in [5, 5.41) is 10.6. The van der Waals surface area contributed by atoms with Crippen LogP contribution in [0, 0.1) is 0 Å². The van der Waals surface area contributed by atoms with Gasteiger partial charge in [0.1, 0.15) is 11.9 Å². The lowest BCUT2D eigenvalue weighted by Crippen LogP contribution is -2.39. The van der Waals surface area contributed by atoms with E-state index >= 15 is 0 Å². The molecule has 0 N–H and O–H groups in total. The number of hydrogen-bond acceptors (Lipinski definition) is 6. The quantitative estimate of drug-likeness (QED) is 0.680.